The summed E-state index contributed by atoms with van der Waals surface area (Å²) in [7, 11) is 0. The van der Waals surface area contributed by atoms with Crippen LogP contribution in [-0.4, -0.2) is 9.38 Å². The number of aryl methyl sites for hydroxylation is 2. The first kappa shape index (κ1) is 9.06. The van der Waals surface area contributed by atoms with Gasteiger partial charge in [-0.25, -0.2) is 4.98 Å². The molecule has 0 saturated heterocycles. The van der Waals surface area contributed by atoms with Crippen LogP contribution in [0, 0.1) is 6.92 Å². The van der Waals surface area contributed by atoms with Crippen LogP contribution in [0.4, 0.5) is 5.69 Å². The highest BCUT2D eigenvalue weighted by molar-refractivity contribution is 5.60. The van der Waals surface area contributed by atoms with E-state index in [9.17, 15) is 0 Å². The summed E-state index contributed by atoms with van der Waals surface area (Å²) in [5.74, 6) is 1.13. The second-order valence-corrected chi connectivity index (χ2v) is 3.58. The molecule has 74 valence electrons. The van der Waals surface area contributed by atoms with Crippen LogP contribution in [0.5, 0.6) is 0 Å². The molecule has 2 heterocycles. The molecule has 0 aliphatic rings. The maximum Gasteiger partial charge on any atom is 0.113 e. The molecule has 3 nitrogen and oxygen atoms in total. The van der Waals surface area contributed by atoms with Crippen LogP contribution >= 0.6 is 0 Å². The number of fused-ring (bicyclic) bond motifs is 1. The van der Waals surface area contributed by atoms with Gasteiger partial charge in [-0.2, -0.15) is 0 Å². The number of anilines is 1. The number of rotatable bonds is 2. The molecular formula is C11H15N3. The van der Waals surface area contributed by atoms with Crippen molar-refractivity contribution in [1.82, 2.24) is 9.38 Å². The Morgan fingerprint density at radius 3 is 3.00 bits per heavy atom. The van der Waals surface area contributed by atoms with Crippen LogP contribution in [0.25, 0.3) is 5.52 Å². The molecule has 0 fully saturated rings. The Balaban J connectivity index is 2.65. The van der Waals surface area contributed by atoms with E-state index in [2.05, 4.69) is 16.3 Å². The molecule has 0 aliphatic heterocycles. The summed E-state index contributed by atoms with van der Waals surface area (Å²) in [4.78, 5) is 4.53. The summed E-state index contributed by atoms with van der Waals surface area (Å²) in [6.07, 6.45) is 4.12. The molecule has 0 amide bonds. The van der Waals surface area contributed by atoms with Crippen molar-refractivity contribution in [2.75, 3.05) is 5.73 Å². The first-order valence-corrected chi connectivity index (χ1v) is 4.95. The second-order valence-electron chi connectivity index (χ2n) is 3.58. The lowest BCUT2D eigenvalue weighted by Gasteiger charge is -1.99. The number of hydrogen-bond donors (Lipinski definition) is 1. The van der Waals surface area contributed by atoms with E-state index in [-0.39, 0.29) is 0 Å². The molecule has 2 aromatic heterocycles. The van der Waals surface area contributed by atoms with Gasteiger partial charge < -0.3 is 10.1 Å². The van der Waals surface area contributed by atoms with Crippen molar-refractivity contribution in [3.8, 4) is 0 Å². The third-order valence-corrected chi connectivity index (χ3v) is 2.40. The number of nitrogens with zero attached hydrogens (tertiary/aromatic N) is 2. The fraction of sp³-hybridized carbons (Fsp3) is 0.364. The zero-order valence-corrected chi connectivity index (χ0v) is 8.62. The van der Waals surface area contributed by atoms with Gasteiger partial charge in [-0.15, -0.1) is 0 Å². The highest BCUT2D eigenvalue weighted by Gasteiger charge is 2.06. The molecule has 0 aliphatic carbocycles. The third-order valence-electron chi connectivity index (χ3n) is 2.40. The molecule has 0 atom stereocenters. The highest BCUT2D eigenvalue weighted by atomic mass is 15.0. The van der Waals surface area contributed by atoms with Crippen LogP contribution < -0.4 is 5.73 Å². The Bertz CT molecular complexity index is 457. The van der Waals surface area contributed by atoms with Gasteiger partial charge in [0.2, 0.25) is 0 Å². The van der Waals surface area contributed by atoms with E-state index in [4.69, 9.17) is 5.73 Å². The number of nitrogen functional groups attached to an aromatic ring is 1. The average Bonchev–Trinajstić information content (AvgIpc) is 2.44. The normalized spacial score (nSPS) is 11.0. The van der Waals surface area contributed by atoms with Gasteiger partial charge in [0.15, 0.2) is 0 Å². The zero-order chi connectivity index (χ0) is 10.1. The van der Waals surface area contributed by atoms with Gasteiger partial charge in [-0.1, -0.05) is 6.92 Å². The molecule has 0 unspecified atom stereocenters. The highest BCUT2D eigenvalue weighted by Crippen LogP contribution is 2.16. The van der Waals surface area contributed by atoms with Crippen LogP contribution in [0.3, 0.4) is 0 Å². The molecule has 2 rings (SSSR count). The molecule has 2 aromatic rings. The molecule has 2 N–H and O–H groups in total. The molecule has 0 saturated carbocycles. The lowest BCUT2D eigenvalue weighted by atomic mass is 10.3. The van der Waals surface area contributed by atoms with Gasteiger partial charge in [0.25, 0.3) is 0 Å². The minimum atomic E-state index is 0.795. The van der Waals surface area contributed by atoms with E-state index >= 15 is 0 Å². The Morgan fingerprint density at radius 2 is 2.29 bits per heavy atom. The SMILES string of the molecule is CCCc1nc(C)c2cc(N)ccn12. The third kappa shape index (κ3) is 1.35. The molecular weight excluding hydrogens is 174 g/mol. The van der Waals surface area contributed by atoms with Crippen molar-refractivity contribution < 1.29 is 0 Å². The van der Waals surface area contributed by atoms with Crippen LogP contribution in [0.1, 0.15) is 24.9 Å². The molecule has 0 bridgehead atoms. The number of nitrogens with two attached hydrogens (primary N) is 1. The van der Waals surface area contributed by atoms with Gasteiger partial charge >= 0.3 is 0 Å². The van der Waals surface area contributed by atoms with Crippen LogP contribution in [-0.2, 0) is 6.42 Å². The van der Waals surface area contributed by atoms with Gasteiger partial charge in [-0.05, 0) is 25.5 Å². The van der Waals surface area contributed by atoms with Crippen molar-refractivity contribution in [3.05, 3.63) is 29.8 Å². The summed E-state index contributed by atoms with van der Waals surface area (Å²) in [5.41, 5.74) is 8.71. The van der Waals surface area contributed by atoms with E-state index in [1.807, 2.05) is 25.3 Å². The molecule has 3 heteroatoms. The second kappa shape index (κ2) is 3.33. The van der Waals surface area contributed by atoms with Crippen LogP contribution in [0.2, 0.25) is 0 Å². The monoisotopic (exact) mass is 189 g/mol. The van der Waals surface area contributed by atoms with E-state index in [1.165, 1.54) is 0 Å². The lowest BCUT2D eigenvalue weighted by Crippen LogP contribution is -1.94. The quantitative estimate of drug-likeness (QED) is 0.786. The largest absolute Gasteiger partial charge is 0.399 e. The number of pyridine rings is 1. The Labute approximate surface area is 83.6 Å². The minimum absolute atomic E-state index is 0.795. The lowest BCUT2D eigenvalue weighted by molar-refractivity contribution is 0.828. The molecule has 0 spiro atoms. The molecule has 0 aromatic carbocycles. The van der Waals surface area contributed by atoms with E-state index in [0.29, 0.717) is 0 Å². The predicted molar refractivity (Wildman–Crippen MR) is 58.3 cm³/mol. The van der Waals surface area contributed by atoms with Crippen molar-refractivity contribution >= 4 is 11.2 Å². The number of imidazole rings is 1. The van der Waals surface area contributed by atoms with Crippen molar-refractivity contribution in [2.45, 2.75) is 26.7 Å². The smallest absolute Gasteiger partial charge is 0.113 e. The zero-order valence-electron chi connectivity index (χ0n) is 8.62. The van der Waals surface area contributed by atoms with E-state index in [1.54, 1.807) is 0 Å². The fourth-order valence-corrected chi connectivity index (χ4v) is 1.72. The Morgan fingerprint density at radius 1 is 1.50 bits per heavy atom. The number of hydrogen-bond acceptors (Lipinski definition) is 2. The van der Waals surface area contributed by atoms with Gasteiger partial charge in [0, 0.05) is 18.3 Å². The molecule has 14 heavy (non-hydrogen) atoms. The summed E-state index contributed by atoms with van der Waals surface area (Å²) >= 11 is 0. The van der Waals surface area contributed by atoms with Gasteiger partial charge in [0.1, 0.15) is 5.82 Å². The fourth-order valence-electron chi connectivity index (χ4n) is 1.72. The van der Waals surface area contributed by atoms with Crippen molar-refractivity contribution in [3.63, 3.8) is 0 Å². The summed E-state index contributed by atoms with van der Waals surface area (Å²) < 4.78 is 2.12. The minimum Gasteiger partial charge on any atom is -0.399 e. The Hall–Kier alpha value is -1.51. The maximum absolute atomic E-state index is 5.73. The first-order chi connectivity index (χ1) is 6.72. The summed E-state index contributed by atoms with van der Waals surface area (Å²) in [5, 5.41) is 0. The average molecular weight is 189 g/mol. The number of aromatic nitrogens is 2. The predicted octanol–water partition coefficient (Wildman–Crippen LogP) is 2.18. The first-order valence-electron chi connectivity index (χ1n) is 4.95. The van der Waals surface area contributed by atoms with Gasteiger partial charge in [0.05, 0.1) is 11.2 Å². The summed E-state index contributed by atoms with van der Waals surface area (Å²) in [6, 6.07) is 3.88. The maximum atomic E-state index is 5.73. The topological polar surface area (TPSA) is 43.3 Å². The van der Waals surface area contributed by atoms with Gasteiger partial charge in [-0.3, -0.25) is 0 Å². The Kier molecular flexibility index (Phi) is 2.15. The van der Waals surface area contributed by atoms with Crippen molar-refractivity contribution in [1.29, 1.82) is 0 Å². The van der Waals surface area contributed by atoms with E-state index < -0.39 is 0 Å². The summed E-state index contributed by atoms with van der Waals surface area (Å²) in [6.45, 7) is 4.18. The van der Waals surface area contributed by atoms with E-state index in [0.717, 1.165) is 35.6 Å². The van der Waals surface area contributed by atoms with Crippen molar-refractivity contribution in [2.24, 2.45) is 0 Å². The molecule has 0 radical (unpaired) electrons. The van der Waals surface area contributed by atoms with Crippen LogP contribution in [0.15, 0.2) is 18.3 Å². The standard InChI is InChI=1S/C11H15N3/c1-3-4-11-13-8(2)10-7-9(12)5-6-14(10)11/h5-7H,3-4,12H2,1-2H3.